The number of hydrogen-bond acceptors (Lipinski definition) is 6. The van der Waals surface area contributed by atoms with Gasteiger partial charge in [-0.25, -0.2) is 9.78 Å². The maximum absolute atomic E-state index is 11.5. The van der Waals surface area contributed by atoms with Crippen molar-refractivity contribution < 1.29 is 9.53 Å². The normalized spacial score (nSPS) is 19.6. The van der Waals surface area contributed by atoms with Gasteiger partial charge in [0, 0.05) is 13.1 Å². The van der Waals surface area contributed by atoms with Crippen molar-refractivity contribution in [3.05, 3.63) is 18.1 Å². The Morgan fingerprint density at radius 2 is 2.26 bits per heavy atom. The van der Waals surface area contributed by atoms with Gasteiger partial charge in [-0.05, 0) is 32.4 Å². The smallest absolute Gasteiger partial charge is 0.358 e. The fourth-order valence-corrected chi connectivity index (χ4v) is 2.30. The number of esters is 1. The van der Waals surface area contributed by atoms with Crippen LogP contribution >= 0.6 is 0 Å². The molecule has 0 bridgehead atoms. The summed E-state index contributed by atoms with van der Waals surface area (Å²) in [4.78, 5) is 22.0. The summed E-state index contributed by atoms with van der Waals surface area (Å²) in [7, 11) is 3.35. The van der Waals surface area contributed by atoms with Crippen LogP contribution in [0.3, 0.4) is 0 Å². The first-order valence-corrected chi connectivity index (χ1v) is 6.56. The molecule has 0 aliphatic carbocycles. The quantitative estimate of drug-likeness (QED) is 0.816. The molecule has 1 unspecified atom stereocenters. The zero-order valence-corrected chi connectivity index (χ0v) is 11.4. The highest BCUT2D eigenvalue weighted by molar-refractivity contribution is 5.87. The molecule has 1 aliphatic heterocycles. The third-order valence-corrected chi connectivity index (χ3v) is 3.47. The van der Waals surface area contributed by atoms with Crippen LogP contribution < -0.4 is 10.2 Å². The van der Waals surface area contributed by atoms with Gasteiger partial charge in [-0.1, -0.05) is 0 Å². The standard InChI is InChI=1S/C13H20N4O2/c1-17(10-4-3-6-14-7-5-10)12-9-15-8-11(16-12)13(18)19-2/h8-10,14H,3-7H2,1-2H3. The van der Waals surface area contributed by atoms with Gasteiger partial charge in [0.05, 0.1) is 19.5 Å². The number of methoxy groups -OCH3 is 1. The predicted molar refractivity (Wildman–Crippen MR) is 72.3 cm³/mol. The van der Waals surface area contributed by atoms with Gasteiger partial charge in [-0.3, -0.25) is 4.98 Å². The monoisotopic (exact) mass is 264 g/mol. The van der Waals surface area contributed by atoms with Gasteiger partial charge in [0.15, 0.2) is 5.69 Å². The van der Waals surface area contributed by atoms with Crippen molar-refractivity contribution in [3.63, 3.8) is 0 Å². The molecule has 1 saturated heterocycles. The van der Waals surface area contributed by atoms with Gasteiger partial charge in [-0.15, -0.1) is 0 Å². The number of rotatable bonds is 3. The zero-order valence-electron chi connectivity index (χ0n) is 11.4. The Morgan fingerprint density at radius 3 is 3.05 bits per heavy atom. The van der Waals surface area contributed by atoms with E-state index in [0.717, 1.165) is 38.2 Å². The molecule has 0 aromatic carbocycles. The average molecular weight is 264 g/mol. The SMILES string of the molecule is COC(=O)c1cncc(N(C)C2CCCNCC2)n1. The first-order chi connectivity index (χ1) is 9.22. The van der Waals surface area contributed by atoms with Crippen molar-refractivity contribution >= 4 is 11.8 Å². The molecule has 0 saturated carbocycles. The number of aromatic nitrogens is 2. The molecule has 104 valence electrons. The second-order valence-corrected chi connectivity index (χ2v) is 4.70. The minimum atomic E-state index is -0.453. The van der Waals surface area contributed by atoms with Gasteiger partial charge in [0.2, 0.25) is 0 Å². The van der Waals surface area contributed by atoms with Crippen LogP contribution in [-0.4, -0.2) is 49.2 Å². The highest BCUT2D eigenvalue weighted by atomic mass is 16.5. The summed E-state index contributed by atoms with van der Waals surface area (Å²) in [5.41, 5.74) is 0.249. The molecule has 1 aromatic rings. The number of ether oxygens (including phenoxy) is 1. The zero-order chi connectivity index (χ0) is 13.7. The lowest BCUT2D eigenvalue weighted by atomic mass is 10.1. The van der Waals surface area contributed by atoms with Crippen molar-refractivity contribution in [3.8, 4) is 0 Å². The first-order valence-electron chi connectivity index (χ1n) is 6.56. The fourth-order valence-electron chi connectivity index (χ4n) is 2.30. The maximum atomic E-state index is 11.5. The minimum Gasteiger partial charge on any atom is -0.464 e. The summed E-state index contributed by atoms with van der Waals surface area (Å²) in [6, 6.07) is 0.428. The molecule has 6 nitrogen and oxygen atoms in total. The van der Waals surface area contributed by atoms with E-state index in [-0.39, 0.29) is 5.69 Å². The maximum Gasteiger partial charge on any atom is 0.358 e. The van der Waals surface area contributed by atoms with Crippen molar-refractivity contribution in [2.45, 2.75) is 25.3 Å². The molecule has 19 heavy (non-hydrogen) atoms. The van der Waals surface area contributed by atoms with Crippen LogP contribution in [0.15, 0.2) is 12.4 Å². The molecule has 0 spiro atoms. The number of carbonyl (C=O) groups is 1. The Labute approximate surface area is 113 Å². The summed E-state index contributed by atoms with van der Waals surface area (Å²) in [6.45, 7) is 2.08. The first kappa shape index (κ1) is 13.7. The molecule has 2 heterocycles. The Hall–Kier alpha value is -1.69. The number of hydrogen-bond donors (Lipinski definition) is 1. The Balaban J connectivity index is 2.13. The lowest BCUT2D eigenvalue weighted by molar-refractivity contribution is 0.0593. The molecule has 1 aromatic heterocycles. The van der Waals surface area contributed by atoms with E-state index in [0.29, 0.717) is 6.04 Å². The van der Waals surface area contributed by atoms with E-state index >= 15 is 0 Å². The summed E-state index contributed by atoms with van der Waals surface area (Å²) in [5, 5.41) is 3.39. The molecular weight excluding hydrogens is 244 g/mol. The number of anilines is 1. The Kier molecular flexibility index (Phi) is 4.68. The van der Waals surface area contributed by atoms with Crippen molar-refractivity contribution in [2.75, 3.05) is 32.1 Å². The minimum absolute atomic E-state index is 0.249. The van der Waals surface area contributed by atoms with Crippen molar-refractivity contribution in [1.82, 2.24) is 15.3 Å². The second-order valence-electron chi connectivity index (χ2n) is 4.70. The number of nitrogens with one attached hydrogen (secondary N) is 1. The topological polar surface area (TPSA) is 67.3 Å². The molecule has 0 radical (unpaired) electrons. The van der Waals surface area contributed by atoms with Crippen LogP contribution in [0.2, 0.25) is 0 Å². The molecular formula is C13H20N4O2. The van der Waals surface area contributed by atoms with E-state index in [2.05, 4.69) is 24.9 Å². The van der Waals surface area contributed by atoms with E-state index in [1.807, 2.05) is 7.05 Å². The lowest BCUT2D eigenvalue weighted by Gasteiger charge is -2.27. The molecule has 1 atom stereocenters. The van der Waals surface area contributed by atoms with Crippen LogP contribution in [0.5, 0.6) is 0 Å². The van der Waals surface area contributed by atoms with E-state index < -0.39 is 5.97 Å². The number of carbonyl (C=O) groups excluding carboxylic acids is 1. The fraction of sp³-hybridized carbons (Fsp3) is 0.615. The molecule has 1 fully saturated rings. The van der Waals surface area contributed by atoms with E-state index in [4.69, 9.17) is 0 Å². The molecule has 1 N–H and O–H groups in total. The summed E-state index contributed by atoms with van der Waals surface area (Å²) >= 11 is 0. The van der Waals surface area contributed by atoms with Gasteiger partial charge in [-0.2, -0.15) is 0 Å². The molecule has 6 heteroatoms. The van der Waals surface area contributed by atoms with Gasteiger partial charge in [0.1, 0.15) is 5.82 Å². The van der Waals surface area contributed by atoms with Crippen LogP contribution in [0.1, 0.15) is 29.8 Å². The molecule has 1 aliphatic rings. The molecule has 0 amide bonds. The highest BCUT2D eigenvalue weighted by Crippen LogP contribution is 2.18. The van der Waals surface area contributed by atoms with Gasteiger partial charge in [0.25, 0.3) is 0 Å². The predicted octanol–water partition coefficient (Wildman–Crippen LogP) is 0.841. The van der Waals surface area contributed by atoms with Gasteiger partial charge < -0.3 is 15.0 Å². The lowest BCUT2D eigenvalue weighted by Crippen LogP contribution is -2.33. The third-order valence-electron chi connectivity index (χ3n) is 3.47. The van der Waals surface area contributed by atoms with Crippen LogP contribution in [0.25, 0.3) is 0 Å². The van der Waals surface area contributed by atoms with E-state index in [1.165, 1.54) is 13.3 Å². The summed E-state index contributed by atoms with van der Waals surface area (Å²) in [6.07, 6.45) is 6.45. The van der Waals surface area contributed by atoms with E-state index in [1.54, 1.807) is 6.20 Å². The molecule has 2 rings (SSSR count). The third kappa shape index (κ3) is 3.41. The van der Waals surface area contributed by atoms with E-state index in [9.17, 15) is 4.79 Å². The summed E-state index contributed by atoms with van der Waals surface area (Å²) in [5.74, 6) is 0.264. The van der Waals surface area contributed by atoms with Crippen molar-refractivity contribution in [1.29, 1.82) is 0 Å². The van der Waals surface area contributed by atoms with Gasteiger partial charge >= 0.3 is 5.97 Å². The number of nitrogens with zero attached hydrogens (tertiary/aromatic N) is 3. The van der Waals surface area contributed by atoms with Crippen LogP contribution in [0.4, 0.5) is 5.82 Å². The average Bonchev–Trinajstić information content (AvgIpc) is 2.75. The summed E-state index contributed by atoms with van der Waals surface area (Å²) < 4.78 is 4.67. The van der Waals surface area contributed by atoms with Crippen molar-refractivity contribution in [2.24, 2.45) is 0 Å². The van der Waals surface area contributed by atoms with Crippen LogP contribution in [-0.2, 0) is 4.74 Å². The largest absolute Gasteiger partial charge is 0.464 e. The Bertz CT molecular complexity index is 430. The Morgan fingerprint density at radius 1 is 1.42 bits per heavy atom. The second kappa shape index (κ2) is 6.47. The van der Waals surface area contributed by atoms with Crippen LogP contribution in [0, 0.1) is 0 Å². The highest BCUT2D eigenvalue weighted by Gasteiger charge is 2.19.